The molecule has 1 aliphatic rings. The van der Waals surface area contributed by atoms with Crippen LogP contribution in [0.5, 0.6) is 5.75 Å². The van der Waals surface area contributed by atoms with Gasteiger partial charge in [0.25, 0.3) is 0 Å². The molecule has 0 bridgehead atoms. The average molecular weight is 241 g/mol. The van der Waals surface area contributed by atoms with Crippen LogP contribution in [-0.2, 0) is 9.84 Å². The van der Waals surface area contributed by atoms with E-state index >= 15 is 0 Å². The van der Waals surface area contributed by atoms with E-state index in [1.807, 2.05) is 6.92 Å². The van der Waals surface area contributed by atoms with Crippen LogP contribution in [0.15, 0.2) is 23.1 Å². The zero-order chi connectivity index (χ0) is 11.9. The molecule has 1 heterocycles. The Morgan fingerprint density at radius 1 is 1.44 bits per heavy atom. The van der Waals surface area contributed by atoms with Crippen LogP contribution < -0.4 is 10.5 Å². The fraction of sp³-hybridized carbons (Fsp3) is 0.455. The molecular weight excluding hydrogens is 226 g/mol. The van der Waals surface area contributed by atoms with Crippen LogP contribution in [0, 0.1) is 0 Å². The lowest BCUT2D eigenvalue weighted by atomic mass is 10.0. The van der Waals surface area contributed by atoms with Gasteiger partial charge in [-0.2, -0.15) is 0 Å². The second-order valence-electron chi connectivity index (χ2n) is 3.90. The van der Waals surface area contributed by atoms with Crippen molar-refractivity contribution in [2.24, 2.45) is 5.73 Å². The quantitative estimate of drug-likeness (QED) is 0.846. The number of hydrogen-bond acceptors (Lipinski definition) is 4. The van der Waals surface area contributed by atoms with E-state index in [2.05, 4.69) is 0 Å². The van der Waals surface area contributed by atoms with Gasteiger partial charge in [0.2, 0.25) is 0 Å². The fourth-order valence-electron chi connectivity index (χ4n) is 2.28. The van der Waals surface area contributed by atoms with Gasteiger partial charge in [-0.25, -0.2) is 8.42 Å². The summed E-state index contributed by atoms with van der Waals surface area (Å²) in [6.07, 6.45) is 0.515. The number of ether oxygens (including phenoxy) is 1. The zero-order valence-electron chi connectivity index (χ0n) is 9.30. The normalized spacial score (nSPS) is 26.4. The highest BCUT2D eigenvalue weighted by Crippen LogP contribution is 2.43. The first-order chi connectivity index (χ1) is 7.54. The number of sulfone groups is 1. The van der Waals surface area contributed by atoms with Crippen molar-refractivity contribution in [1.29, 1.82) is 0 Å². The third-order valence-electron chi connectivity index (χ3n) is 3.07. The highest BCUT2D eigenvalue weighted by molar-refractivity contribution is 7.92. The standard InChI is InChI=1S/C11H15NO3S/c1-3-9-10(12)7-5-4-6-8(15-2)11(7)16(9,13)14/h4-6,9-10H,3,12H2,1-2H3. The van der Waals surface area contributed by atoms with E-state index in [1.54, 1.807) is 18.2 Å². The molecule has 2 atom stereocenters. The summed E-state index contributed by atoms with van der Waals surface area (Å²) in [5.41, 5.74) is 6.64. The van der Waals surface area contributed by atoms with Crippen molar-refractivity contribution >= 4 is 9.84 Å². The Bertz CT molecular complexity index is 510. The lowest BCUT2D eigenvalue weighted by Gasteiger charge is -2.11. The number of fused-ring (bicyclic) bond motifs is 1. The van der Waals surface area contributed by atoms with Crippen LogP contribution in [0.2, 0.25) is 0 Å². The van der Waals surface area contributed by atoms with E-state index in [1.165, 1.54) is 7.11 Å². The minimum Gasteiger partial charge on any atom is -0.495 e. The lowest BCUT2D eigenvalue weighted by Crippen LogP contribution is -2.25. The molecule has 1 aromatic rings. The first kappa shape index (κ1) is 11.4. The van der Waals surface area contributed by atoms with E-state index < -0.39 is 21.1 Å². The minimum absolute atomic E-state index is 0.275. The summed E-state index contributed by atoms with van der Waals surface area (Å²) in [5.74, 6) is 0.393. The van der Waals surface area contributed by atoms with Crippen molar-refractivity contribution in [1.82, 2.24) is 0 Å². The maximum absolute atomic E-state index is 12.2. The molecule has 2 N–H and O–H groups in total. The molecule has 16 heavy (non-hydrogen) atoms. The first-order valence-electron chi connectivity index (χ1n) is 5.20. The van der Waals surface area contributed by atoms with Crippen LogP contribution in [0.25, 0.3) is 0 Å². The van der Waals surface area contributed by atoms with Gasteiger partial charge < -0.3 is 10.5 Å². The maximum Gasteiger partial charge on any atom is 0.187 e. The summed E-state index contributed by atoms with van der Waals surface area (Å²) in [6, 6.07) is 4.74. The molecule has 0 spiro atoms. The number of rotatable bonds is 2. The molecule has 4 nitrogen and oxygen atoms in total. The van der Waals surface area contributed by atoms with Crippen molar-refractivity contribution in [2.45, 2.75) is 29.5 Å². The Hall–Kier alpha value is -1.07. The summed E-state index contributed by atoms with van der Waals surface area (Å²) in [4.78, 5) is 0.275. The van der Waals surface area contributed by atoms with Crippen LogP contribution >= 0.6 is 0 Å². The number of nitrogens with two attached hydrogens (primary N) is 1. The van der Waals surface area contributed by atoms with Gasteiger partial charge in [-0.05, 0) is 18.1 Å². The van der Waals surface area contributed by atoms with E-state index in [9.17, 15) is 8.42 Å². The SMILES string of the molecule is CCC1C(N)c2cccc(OC)c2S1(=O)=O. The minimum atomic E-state index is -3.34. The molecule has 0 saturated heterocycles. The third-order valence-corrected chi connectivity index (χ3v) is 5.50. The van der Waals surface area contributed by atoms with Gasteiger partial charge in [-0.1, -0.05) is 19.1 Å². The van der Waals surface area contributed by atoms with Gasteiger partial charge >= 0.3 is 0 Å². The summed E-state index contributed by atoms with van der Waals surface area (Å²) in [5, 5.41) is -0.529. The average Bonchev–Trinajstić information content (AvgIpc) is 2.47. The molecule has 0 radical (unpaired) electrons. The molecule has 1 aliphatic heterocycles. The molecule has 88 valence electrons. The van der Waals surface area contributed by atoms with Crippen molar-refractivity contribution in [3.63, 3.8) is 0 Å². The largest absolute Gasteiger partial charge is 0.495 e. The van der Waals surface area contributed by atoms with Gasteiger partial charge in [0.1, 0.15) is 10.6 Å². The summed E-state index contributed by atoms with van der Waals surface area (Å²) in [7, 11) is -1.87. The van der Waals surface area contributed by atoms with Crippen LogP contribution in [-0.4, -0.2) is 20.8 Å². The molecule has 0 fully saturated rings. The van der Waals surface area contributed by atoms with Gasteiger partial charge in [0.05, 0.1) is 12.4 Å². The molecule has 1 aromatic carbocycles. The molecule has 0 amide bonds. The van der Waals surface area contributed by atoms with Crippen LogP contribution in [0.3, 0.4) is 0 Å². The van der Waals surface area contributed by atoms with E-state index in [4.69, 9.17) is 10.5 Å². The zero-order valence-corrected chi connectivity index (χ0v) is 10.1. The third kappa shape index (κ3) is 1.35. The van der Waals surface area contributed by atoms with Gasteiger partial charge in [0, 0.05) is 6.04 Å². The first-order valence-corrected chi connectivity index (χ1v) is 6.75. The smallest absolute Gasteiger partial charge is 0.187 e. The predicted octanol–water partition coefficient (Wildman–Crippen LogP) is 1.26. The second-order valence-corrected chi connectivity index (χ2v) is 6.00. The highest BCUT2D eigenvalue weighted by atomic mass is 32.2. The fourth-order valence-corrected chi connectivity index (χ4v) is 4.52. The lowest BCUT2D eigenvalue weighted by molar-refractivity contribution is 0.402. The highest BCUT2D eigenvalue weighted by Gasteiger charge is 2.44. The van der Waals surface area contributed by atoms with Gasteiger partial charge in [-0.3, -0.25) is 0 Å². The maximum atomic E-state index is 12.2. The number of hydrogen-bond donors (Lipinski definition) is 1. The molecule has 5 heteroatoms. The van der Waals surface area contributed by atoms with E-state index in [0.29, 0.717) is 17.7 Å². The molecule has 2 unspecified atom stereocenters. The van der Waals surface area contributed by atoms with Gasteiger partial charge in [0.15, 0.2) is 9.84 Å². The number of benzene rings is 1. The molecule has 0 aliphatic carbocycles. The van der Waals surface area contributed by atoms with Crippen LogP contribution in [0.1, 0.15) is 24.9 Å². The van der Waals surface area contributed by atoms with Crippen LogP contribution in [0.4, 0.5) is 0 Å². The van der Waals surface area contributed by atoms with E-state index in [0.717, 1.165) is 0 Å². The summed E-state index contributed by atoms with van der Waals surface area (Å²) < 4.78 is 29.6. The molecule has 0 saturated carbocycles. The predicted molar refractivity (Wildman–Crippen MR) is 61.2 cm³/mol. The Balaban J connectivity index is 2.73. The second kappa shape index (κ2) is 3.75. The molecule has 0 aromatic heterocycles. The monoisotopic (exact) mass is 241 g/mol. The van der Waals surface area contributed by atoms with E-state index in [-0.39, 0.29) is 4.90 Å². The van der Waals surface area contributed by atoms with Gasteiger partial charge in [-0.15, -0.1) is 0 Å². The number of methoxy groups -OCH3 is 1. The topological polar surface area (TPSA) is 69.4 Å². The van der Waals surface area contributed by atoms with Crippen molar-refractivity contribution < 1.29 is 13.2 Å². The Kier molecular flexibility index (Phi) is 2.67. The van der Waals surface area contributed by atoms with Crippen molar-refractivity contribution in [3.8, 4) is 5.75 Å². The van der Waals surface area contributed by atoms with Crippen molar-refractivity contribution in [2.75, 3.05) is 7.11 Å². The molecule has 2 rings (SSSR count). The molecular formula is C11H15NO3S. The Morgan fingerprint density at radius 2 is 2.12 bits per heavy atom. The Labute approximate surface area is 95.3 Å². The summed E-state index contributed by atoms with van der Waals surface area (Å²) >= 11 is 0. The Morgan fingerprint density at radius 3 is 2.69 bits per heavy atom. The van der Waals surface area contributed by atoms with Crippen molar-refractivity contribution in [3.05, 3.63) is 23.8 Å². The summed E-state index contributed by atoms with van der Waals surface area (Å²) in [6.45, 7) is 1.83.